The second-order valence-corrected chi connectivity index (χ2v) is 0. The molecular formula is H7Cl6KPd. The molecule has 0 fully saturated rings. The summed E-state index contributed by atoms with van der Waals surface area (Å²) >= 11 is 0. The summed E-state index contributed by atoms with van der Waals surface area (Å²) in [4.78, 5) is 0. The number of hydrogen-bond donors (Lipinski definition) is 0. The van der Waals surface area contributed by atoms with Gasteiger partial charge in [0.1, 0.15) is 0 Å². The van der Waals surface area contributed by atoms with Gasteiger partial charge in [0.25, 0.3) is 0 Å². The van der Waals surface area contributed by atoms with E-state index >= 15 is 0 Å². The molecular weight excluding hydrogens is 358 g/mol. The fraction of sp³-hybridized carbons (Fsp3) is 0. The normalized spacial score (nSPS) is 0. The molecule has 0 aromatic heterocycles. The number of halogens is 6. The first-order valence-electron chi connectivity index (χ1n) is 0. The second-order valence-electron chi connectivity index (χ2n) is 0. The minimum atomic E-state index is 0. The van der Waals surface area contributed by atoms with E-state index in [-0.39, 0.29) is 148 Å². The molecule has 0 rings (SSSR count). The van der Waals surface area contributed by atoms with Gasteiger partial charge in [0, 0.05) is 20.4 Å². The third-order valence-corrected chi connectivity index (χ3v) is 0. The van der Waals surface area contributed by atoms with Crippen molar-refractivity contribution in [2.45, 2.75) is 0 Å². The van der Waals surface area contributed by atoms with Gasteiger partial charge in [-0.05, 0) is 0 Å². The Hall–Kier alpha value is 4.04. The maximum Gasteiger partial charge on any atom is 1.00 e. The van der Waals surface area contributed by atoms with E-state index in [4.69, 9.17) is 0 Å². The van der Waals surface area contributed by atoms with Crippen LogP contribution in [0.2, 0.25) is 0 Å². The van der Waals surface area contributed by atoms with Gasteiger partial charge in [0.05, 0.1) is 0 Å². The van der Waals surface area contributed by atoms with Crippen LogP contribution >= 0.6 is 74.4 Å². The van der Waals surface area contributed by atoms with Crippen molar-refractivity contribution in [1.82, 2.24) is 0 Å². The molecule has 0 aromatic rings. The van der Waals surface area contributed by atoms with E-state index in [0.29, 0.717) is 0 Å². The van der Waals surface area contributed by atoms with Crippen LogP contribution in [0.3, 0.4) is 0 Å². The van der Waals surface area contributed by atoms with Gasteiger partial charge < -0.3 is 1.43 Å². The van der Waals surface area contributed by atoms with E-state index in [0.717, 1.165) is 0 Å². The molecule has 0 aliphatic carbocycles. The maximum atomic E-state index is 0. The van der Waals surface area contributed by atoms with E-state index < -0.39 is 0 Å². The zero-order chi connectivity index (χ0) is 0. The Balaban J connectivity index is 0. The molecule has 0 aliphatic heterocycles. The quantitative estimate of drug-likeness (QED) is 0.515. The fourth-order valence-electron chi connectivity index (χ4n) is 0. The van der Waals surface area contributed by atoms with Crippen LogP contribution in [0, 0.1) is 0 Å². The van der Waals surface area contributed by atoms with Crippen LogP contribution in [0.1, 0.15) is 1.43 Å². The summed E-state index contributed by atoms with van der Waals surface area (Å²) < 4.78 is 0. The molecule has 0 amide bonds. The number of rotatable bonds is 0. The first-order chi connectivity index (χ1) is 0. The minimum Gasteiger partial charge on any atom is -1.00 e. The molecule has 60 valence electrons. The molecule has 0 unspecified atom stereocenters. The van der Waals surface area contributed by atoms with Crippen molar-refractivity contribution in [3.8, 4) is 0 Å². The van der Waals surface area contributed by atoms with Crippen LogP contribution in [0.4, 0.5) is 0 Å². The molecule has 0 aliphatic rings. The molecule has 0 saturated heterocycles. The zero-order valence-corrected chi connectivity index (χ0v) is 13.3. The fourth-order valence-corrected chi connectivity index (χ4v) is 0. The standard InChI is InChI=1S/6ClH.K.Pd.H/h6*1H;;;/q;;;;;;+1;;-1. The molecule has 0 aromatic carbocycles. The predicted octanol–water partition coefficient (Wildman–Crippen LogP) is -0.355. The number of hydrogen-bond acceptors (Lipinski definition) is 0. The van der Waals surface area contributed by atoms with Crippen molar-refractivity contribution in [3.05, 3.63) is 0 Å². The Morgan fingerprint density at radius 2 is 0.500 bits per heavy atom. The van der Waals surface area contributed by atoms with Crippen molar-refractivity contribution in [3.63, 3.8) is 0 Å². The molecule has 8 heteroatoms. The average Bonchev–Trinajstić information content (AvgIpc) is 0. The van der Waals surface area contributed by atoms with Crippen molar-refractivity contribution in [2.24, 2.45) is 0 Å². The third-order valence-electron chi connectivity index (χ3n) is 0. The van der Waals surface area contributed by atoms with Gasteiger partial charge in [-0.2, -0.15) is 0 Å². The van der Waals surface area contributed by atoms with Crippen molar-refractivity contribution in [2.75, 3.05) is 0 Å². The summed E-state index contributed by atoms with van der Waals surface area (Å²) in [5.41, 5.74) is 0. The Bertz CT molecular complexity index is 13.0. The van der Waals surface area contributed by atoms with Crippen molar-refractivity contribution >= 4 is 74.4 Å². The predicted molar refractivity (Wildman–Crippen MR) is 44.6 cm³/mol. The van der Waals surface area contributed by atoms with Crippen LogP contribution in [0.15, 0.2) is 0 Å². The Morgan fingerprint density at radius 3 is 0.500 bits per heavy atom. The van der Waals surface area contributed by atoms with Gasteiger partial charge in [0.15, 0.2) is 0 Å². The van der Waals surface area contributed by atoms with E-state index in [2.05, 4.69) is 0 Å². The minimum absolute atomic E-state index is 0. The first kappa shape index (κ1) is 89.9. The molecule has 0 bridgehead atoms. The summed E-state index contributed by atoms with van der Waals surface area (Å²) in [6.07, 6.45) is 0. The van der Waals surface area contributed by atoms with E-state index in [1.165, 1.54) is 0 Å². The molecule has 0 saturated carbocycles. The Morgan fingerprint density at radius 1 is 0.500 bits per heavy atom. The molecule has 0 atom stereocenters. The Labute approximate surface area is 144 Å². The monoisotopic (exact) mass is 362 g/mol. The van der Waals surface area contributed by atoms with Crippen molar-refractivity contribution < 1.29 is 73.2 Å². The van der Waals surface area contributed by atoms with Gasteiger partial charge >= 0.3 is 51.4 Å². The van der Waals surface area contributed by atoms with Crippen LogP contribution in [0.25, 0.3) is 0 Å². The summed E-state index contributed by atoms with van der Waals surface area (Å²) in [7, 11) is 0. The van der Waals surface area contributed by atoms with Crippen LogP contribution in [-0.2, 0) is 20.4 Å². The maximum absolute atomic E-state index is 0. The molecule has 0 spiro atoms. The van der Waals surface area contributed by atoms with E-state index in [1.807, 2.05) is 0 Å². The SMILES string of the molecule is Cl.Cl.Cl.Cl.Cl.Cl.[H-].[K+].[Pd]. The van der Waals surface area contributed by atoms with Gasteiger partial charge in [-0.1, -0.05) is 0 Å². The molecule has 0 N–H and O–H groups in total. The van der Waals surface area contributed by atoms with Crippen LogP contribution in [-0.4, -0.2) is 0 Å². The van der Waals surface area contributed by atoms with Crippen molar-refractivity contribution in [1.29, 1.82) is 0 Å². The smallest absolute Gasteiger partial charge is 1.00 e. The summed E-state index contributed by atoms with van der Waals surface area (Å²) in [6.45, 7) is 0. The molecule has 0 radical (unpaired) electrons. The first-order valence-corrected chi connectivity index (χ1v) is 0. The molecule has 8 heavy (non-hydrogen) atoms. The van der Waals surface area contributed by atoms with Gasteiger partial charge in [-0.3, -0.25) is 0 Å². The second kappa shape index (κ2) is 68.2. The topological polar surface area (TPSA) is 0 Å². The van der Waals surface area contributed by atoms with Gasteiger partial charge in [0.2, 0.25) is 0 Å². The Kier molecular flexibility index (Phi) is 767. The van der Waals surface area contributed by atoms with Gasteiger partial charge in [-0.25, -0.2) is 0 Å². The van der Waals surface area contributed by atoms with E-state index in [9.17, 15) is 0 Å². The zero-order valence-electron chi connectivity index (χ0n) is 4.77. The third kappa shape index (κ3) is 50.3. The summed E-state index contributed by atoms with van der Waals surface area (Å²) in [6, 6.07) is 0. The van der Waals surface area contributed by atoms with Gasteiger partial charge in [-0.15, -0.1) is 74.4 Å². The summed E-state index contributed by atoms with van der Waals surface area (Å²) in [5, 5.41) is 0. The summed E-state index contributed by atoms with van der Waals surface area (Å²) in [5.74, 6) is 0. The average molecular weight is 365 g/mol. The van der Waals surface area contributed by atoms with Crippen LogP contribution in [0.5, 0.6) is 0 Å². The van der Waals surface area contributed by atoms with E-state index in [1.54, 1.807) is 0 Å². The molecule has 0 nitrogen and oxygen atoms in total. The molecule has 0 heterocycles. The van der Waals surface area contributed by atoms with Crippen LogP contribution < -0.4 is 51.4 Å². The largest absolute Gasteiger partial charge is 1.00 e.